The van der Waals surface area contributed by atoms with Gasteiger partial charge in [0.1, 0.15) is 23.1 Å². The molecule has 3 aromatic carbocycles. The summed E-state index contributed by atoms with van der Waals surface area (Å²) in [5, 5.41) is 27.3. The second kappa shape index (κ2) is 31.4. The van der Waals surface area contributed by atoms with Crippen LogP contribution < -0.4 is 22.1 Å². The van der Waals surface area contributed by atoms with E-state index >= 15 is 0 Å². The zero-order valence-corrected chi connectivity index (χ0v) is 37.1. The minimum Gasteiger partial charge on any atom is -0.450 e. The highest BCUT2D eigenvalue weighted by Gasteiger charge is 2.27. The van der Waals surface area contributed by atoms with Crippen molar-refractivity contribution < 1.29 is 56.0 Å². The Kier molecular flexibility index (Phi) is 28.4. The second-order valence-electron chi connectivity index (χ2n) is 14.7. The van der Waals surface area contributed by atoms with Crippen LogP contribution in [0, 0.1) is 43.5 Å². The molecule has 3 aliphatic heterocycles. The number of piperidine rings is 3. The normalized spacial score (nSPS) is 14.7. The molecule has 0 atom stereocenters. The molecule has 0 aliphatic carbocycles. The van der Waals surface area contributed by atoms with E-state index in [4.69, 9.17) is 25.7 Å². The molecule has 6 rings (SSSR count). The zero-order chi connectivity index (χ0) is 48.1. The maximum absolute atomic E-state index is 13.1. The van der Waals surface area contributed by atoms with Gasteiger partial charge >= 0.3 is 24.0 Å². The molecule has 3 aromatic rings. The van der Waals surface area contributed by atoms with Crippen molar-refractivity contribution in [2.24, 2.45) is 5.73 Å². The molecule has 3 amide bonds. The molecule has 0 bridgehead atoms. The molecule has 3 aliphatic rings. The van der Waals surface area contributed by atoms with E-state index in [-0.39, 0.29) is 71.2 Å². The fourth-order valence-electron chi connectivity index (χ4n) is 6.65. The van der Waals surface area contributed by atoms with Gasteiger partial charge in [0.05, 0.1) is 53.2 Å². The number of nitrogens with one attached hydrogen (secondary N) is 2. The van der Waals surface area contributed by atoms with Crippen molar-refractivity contribution in [3.8, 4) is 0 Å². The molecule has 3 fully saturated rings. The molecule has 19 nitrogen and oxygen atoms in total. The second-order valence-corrected chi connectivity index (χ2v) is 14.7. The van der Waals surface area contributed by atoms with E-state index in [0.29, 0.717) is 82.3 Å². The van der Waals surface area contributed by atoms with Crippen molar-refractivity contribution >= 4 is 55.1 Å². The van der Waals surface area contributed by atoms with Gasteiger partial charge in [-0.3, -0.25) is 20.2 Å². The van der Waals surface area contributed by atoms with E-state index in [1.165, 1.54) is 24.3 Å². The van der Waals surface area contributed by atoms with Crippen LogP contribution >= 0.6 is 0 Å². The first-order valence-corrected chi connectivity index (χ1v) is 21.1. The third kappa shape index (κ3) is 20.5. The number of halogens is 4. The number of carbonyl (C=O) groups is 3. The van der Waals surface area contributed by atoms with Crippen molar-refractivity contribution in [3.63, 3.8) is 0 Å². The maximum atomic E-state index is 13.1. The van der Waals surface area contributed by atoms with E-state index in [2.05, 4.69) is 10.6 Å². The average molecular weight is 967 g/mol. The number of benzene rings is 3. The zero-order valence-electron chi connectivity index (χ0n) is 37.1. The first kappa shape index (κ1) is 61.4. The average Bonchev–Trinajstić information content (AvgIpc) is 3.27. The van der Waals surface area contributed by atoms with Gasteiger partial charge in [0.2, 0.25) is 5.82 Å². The fraction of sp³-hybridized carbons (Fsp3) is 0.523. The Morgan fingerprint density at radius 1 is 0.603 bits per heavy atom. The van der Waals surface area contributed by atoms with E-state index in [9.17, 15) is 52.2 Å². The smallest absolute Gasteiger partial charge is 0.409 e. The summed E-state index contributed by atoms with van der Waals surface area (Å²) in [5.41, 5.74) is 11.8. The van der Waals surface area contributed by atoms with Crippen LogP contribution in [0.25, 0.3) is 0 Å². The van der Waals surface area contributed by atoms with Crippen molar-refractivity contribution in [1.29, 1.82) is 0 Å². The topological polar surface area (TPSA) is 251 Å². The third-order valence-corrected chi connectivity index (χ3v) is 10.1. The van der Waals surface area contributed by atoms with E-state index in [1.807, 2.05) is 6.92 Å². The number of nitrogens with zero attached hydrogens (tertiary/aromatic N) is 5. The molecule has 0 aromatic heterocycles. The number of hydrogen-bond donors (Lipinski definition) is 4. The Hall–Kier alpha value is -6.59. The molecule has 6 N–H and O–H groups in total. The fourth-order valence-corrected chi connectivity index (χ4v) is 6.65. The largest absolute Gasteiger partial charge is 0.450 e. The summed E-state index contributed by atoms with van der Waals surface area (Å²) in [6.07, 6.45) is 3.90. The standard InChI is InChI=1S/C14H18FN3O4.C14H20FN3O2.C8H16N2O2.C6H3F2NO2.2CH4.B/c1-2-22-14(19)17-7-5-11(6-8-17)16-12-4-3-10(15)9-13(12)18(20)21;1-2-20-14(19)18-7-5-11(6-8-18)17-13-4-3-10(15)9-12(13)16;1-2-12-8(11)10-5-3-7(9)4-6-10;7-4-1-2-5(8)6(3-4)9(10)11;;;/h3-4,9,11,16H,2,5-8H2,1H3;3-4,9,11,17H,2,5-8,16H2,1H3;7H,2-6,9H2,1H3;1-3H;2*1H4;. The molecule has 24 heteroatoms. The van der Waals surface area contributed by atoms with Crippen LogP contribution in [0.1, 0.15) is 74.1 Å². The quantitative estimate of drug-likeness (QED) is 0.0392. The first-order chi connectivity index (χ1) is 30.9. The molecule has 0 spiro atoms. The summed E-state index contributed by atoms with van der Waals surface area (Å²) in [7, 11) is 0. The molecule has 0 saturated carbocycles. The first-order valence-electron chi connectivity index (χ1n) is 21.1. The number of rotatable bonds is 9. The lowest BCUT2D eigenvalue weighted by Crippen LogP contribution is -2.43. The van der Waals surface area contributed by atoms with Gasteiger partial charge in [-0.1, -0.05) is 14.9 Å². The van der Waals surface area contributed by atoms with Gasteiger partial charge in [0.15, 0.2) is 0 Å². The summed E-state index contributed by atoms with van der Waals surface area (Å²) >= 11 is 0. The number of ether oxygens (including phenoxy) is 3. The predicted octanol–water partition coefficient (Wildman–Crippen LogP) is 8.54. The number of anilines is 3. The Morgan fingerprint density at radius 3 is 1.31 bits per heavy atom. The van der Waals surface area contributed by atoms with E-state index < -0.39 is 33.0 Å². The van der Waals surface area contributed by atoms with Gasteiger partial charge in [-0.25, -0.2) is 27.6 Å². The van der Waals surface area contributed by atoms with Crippen LogP contribution in [0.4, 0.5) is 60.4 Å². The Labute approximate surface area is 396 Å². The van der Waals surface area contributed by atoms with Crippen LogP contribution in [0.3, 0.4) is 0 Å². The third-order valence-electron chi connectivity index (χ3n) is 10.1. The number of nitrogens with two attached hydrogens (primary N) is 2. The van der Waals surface area contributed by atoms with Gasteiger partial charge in [-0.15, -0.1) is 0 Å². The molecule has 3 radical (unpaired) electrons. The molecule has 377 valence electrons. The number of carbonyl (C=O) groups excluding carboxylic acids is 3. The number of amides is 3. The summed E-state index contributed by atoms with van der Waals surface area (Å²) in [4.78, 5) is 58.7. The number of hydrogen-bond acceptors (Lipinski definition) is 14. The lowest BCUT2D eigenvalue weighted by Gasteiger charge is -2.32. The molecule has 3 heterocycles. The number of nitro groups is 2. The van der Waals surface area contributed by atoms with Gasteiger partial charge in [-0.05, 0) is 102 Å². The monoisotopic (exact) mass is 966 g/mol. The molecule has 68 heavy (non-hydrogen) atoms. The van der Waals surface area contributed by atoms with Crippen LogP contribution in [-0.4, -0.2) is 128 Å². The van der Waals surface area contributed by atoms with Crippen LogP contribution in [0.15, 0.2) is 54.6 Å². The minimum atomic E-state index is -1.03. The number of likely N-dealkylation sites (tertiary alicyclic amines) is 3. The van der Waals surface area contributed by atoms with Gasteiger partial charge in [-0.2, -0.15) is 4.39 Å². The molecule has 3 saturated heterocycles. The van der Waals surface area contributed by atoms with E-state index in [1.54, 1.807) is 34.6 Å². The maximum Gasteiger partial charge on any atom is 0.409 e. The summed E-state index contributed by atoms with van der Waals surface area (Å²) in [6.45, 7) is 10.3. The molecular formula is C44H65BF4N9O10. The highest BCUT2D eigenvalue weighted by atomic mass is 19.1. The van der Waals surface area contributed by atoms with Crippen molar-refractivity contribution in [2.75, 3.05) is 75.5 Å². The molecule has 0 unspecified atom stereocenters. The van der Waals surface area contributed by atoms with Gasteiger partial charge in [0.25, 0.3) is 5.69 Å². The van der Waals surface area contributed by atoms with Crippen molar-refractivity contribution in [3.05, 3.63) is 98.1 Å². The van der Waals surface area contributed by atoms with Crippen LogP contribution in [0.5, 0.6) is 0 Å². The predicted molar refractivity (Wildman–Crippen MR) is 252 cm³/mol. The Bertz CT molecular complexity index is 2040. The highest BCUT2D eigenvalue weighted by Crippen LogP contribution is 2.28. The van der Waals surface area contributed by atoms with Crippen molar-refractivity contribution in [1.82, 2.24) is 14.7 Å². The van der Waals surface area contributed by atoms with Crippen LogP contribution in [-0.2, 0) is 14.2 Å². The van der Waals surface area contributed by atoms with Gasteiger partial charge < -0.3 is 51.0 Å². The highest BCUT2D eigenvalue weighted by molar-refractivity contribution is 5.75. The van der Waals surface area contributed by atoms with Crippen LogP contribution in [0.2, 0.25) is 0 Å². The van der Waals surface area contributed by atoms with E-state index in [0.717, 1.165) is 56.6 Å². The SMILES string of the molecule is C.C.CCOC(=O)N1CCC(N)CC1.CCOC(=O)N1CCC(Nc2ccc(F)cc2N)CC1.CCOC(=O)N1CCC(Nc2ccc(F)cc2[N+](=O)[O-])CC1.O=[N+]([O-])c1cc(F)ccc1F.[B]. The van der Waals surface area contributed by atoms with Crippen molar-refractivity contribution in [2.45, 2.75) is 92.3 Å². The minimum absolute atomic E-state index is 0. The Morgan fingerprint density at radius 2 is 0.941 bits per heavy atom. The summed E-state index contributed by atoms with van der Waals surface area (Å²) in [6, 6.07) is 10.3. The summed E-state index contributed by atoms with van der Waals surface area (Å²) < 4.78 is 65.5. The number of nitrogen functional groups attached to an aromatic ring is 1. The number of nitro benzene ring substituents is 2. The Balaban J connectivity index is 0.000000901. The summed E-state index contributed by atoms with van der Waals surface area (Å²) in [5.74, 6) is -2.84. The van der Waals surface area contributed by atoms with Gasteiger partial charge in [0, 0.05) is 65.8 Å². The molecular weight excluding hydrogens is 901 g/mol. The lowest BCUT2D eigenvalue weighted by molar-refractivity contribution is -0.387. The lowest BCUT2D eigenvalue weighted by atomic mass is 10.0.